The molecule has 14 heteroatoms. The van der Waals surface area contributed by atoms with Crippen molar-refractivity contribution in [1.82, 2.24) is 26.3 Å². The van der Waals surface area contributed by atoms with Gasteiger partial charge in [-0.25, -0.2) is 4.79 Å². The van der Waals surface area contributed by atoms with Crippen LogP contribution in [0, 0.1) is 0 Å². The minimum absolute atomic E-state index is 0.121. The quantitative estimate of drug-likeness (QED) is 0.149. The van der Waals surface area contributed by atoms with E-state index in [1.165, 1.54) is 0 Å². The van der Waals surface area contributed by atoms with Gasteiger partial charge < -0.3 is 41.6 Å². The van der Waals surface area contributed by atoms with Gasteiger partial charge in [-0.15, -0.1) is 0 Å². The number of carboxylic acids is 3. The van der Waals surface area contributed by atoms with Gasteiger partial charge in [0.25, 0.3) is 0 Å². The van der Waals surface area contributed by atoms with Crippen LogP contribution >= 0.6 is 0 Å². The molecule has 4 unspecified atom stereocenters. The Morgan fingerprint density at radius 1 is 0.897 bits per heavy atom. The summed E-state index contributed by atoms with van der Waals surface area (Å²) >= 11 is 0. The number of aromatic nitrogens is 1. The van der Waals surface area contributed by atoms with E-state index in [9.17, 15) is 39.0 Å². The predicted octanol–water partition coefficient (Wildman–Crippen LogP) is -0.659. The van der Waals surface area contributed by atoms with Crippen LogP contribution in [0.5, 0.6) is 0 Å². The normalized spacial score (nSPS) is 17.1. The average Bonchev–Trinajstić information content (AvgIpc) is 3.56. The molecule has 8 N–H and O–H groups in total. The number of carbonyl (C=O) groups is 6. The Hall–Kier alpha value is -4.46. The fourth-order valence-corrected chi connectivity index (χ4v) is 4.37. The van der Waals surface area contributed by atoms with Gasteiger partial charge in [0.1, 0.15) is 18.1 Å². The Morgan fingerprint density at radius 2 is 1.59 bits per heavy atom. The monoisotopic (exact) mass is 545 g/mol. The number of amides is 3. The smallest absolute Gasteiger partial charge is 0.326 e. The van der Waals surface area contributed by atoms with Gasteiger partial charge >= 0.3 is 17.9 Å². The third kappa shape index (κ3) is 8.26. The van der Waals surface area contributed by atoms with Crippen molar-refractivity contribution in [2.24, 2.45) is 0 Å². The Kier molecular flexibility index (Phi) is 9.98. The molecule has 14 nitrogen and oxygen atoms in total. The molecule has 0 aliphatic carbocycles. The Labute approximate surface area is 222 Å². The maximum Gasteiger partial charge on any atom is 0.326 e. The number of benzene rings is 1. The van der Waals surface area contributed by atoms with E-state index >= 15 is 0 Å². The molecule has 210 valence electrons. The topological polar surface area (TPSA) is 227 Å². The molecule has 1 aliphatic heterocycles. The van der Waals surface area contributed by atoms with E-state index in [4.69, 9.17) is 5.11 Å². The zero-order chi connectivity index (χ0) is 28.5. The molecule has 4 atom stereocenters. The number of carbonyl (C=O) groups excluding carboxylic acids is 3. The molecule has 1 saturated heterocycles. The standard InChI is InChI=1S/C25H31N5O9/c31-20(32)8-7-17(28-22(35)16-6-3-9-26-16)23(36)29-18(11-21(33)34)24(37)30-19(25(38)39)10-13-12-27-15-5-2-1-4-14(13)15/h1-2,4-5,12,16-19,26-27H,3,6-11H2,(H,28,35)(H,29,36)(H,30,37)(H,31,32)(H,33,34)(H,38,39). The maximum atomic E-state index is 13.0. The highest BCUT2D eigenvalue weighted by Crippen LogP contribution is 2.19. The van der Waals surface area contributed by atoms with E-state index in [-0.39, 0.29) is 12.8 Å². The van der Waals surface area contributed by atoms with E-state index in [2.05, 4.69) is 26.3 Å². The van der Waals surface area contributed by atoms with Gasteiger partial charge in [-0.2, -0.15) is 0 Å². The molecule has 2 heterocycles. The molecule has 3 rings (SSSR count). The molecule has 1 aromatic carbocycles. The lowest BCUT2D eigenvalue weighted by atomic mass is 10.0. The Balaban J connectivity index is 1.72. The molecule has 0 bridgehead atoms. The number of hydrogen-bond donors (Lipinski definition) is 8. The van der Waals surface area contributed by atoms with Gasteiger partial charge in [0.05, 0.1) is 12.5 Å². The van der Waals surface area contributed by atoms with Crippen LogP contribution in [0.3, 0.4) is 0 Å². The van der Waals surface area contributed by atoms with E-state index < -0.39 is 72.6 Å². The molecule has 1 aromatic heterocycles. The third-order valence-electron chi connectivity index (χ3n) is 6.38. The second-order valence-corrected chi connectivity index (χ2v) is 9.26. The fourth-order valence-electron chi connectivity index (χ4n) is 4.37. The highest BCUT2D eigenvalue weighted by molar-refractivity contribution is 5.96. The Morgan fingerprint density at radius 3 is 2.23 bits per heavy atom. The highest BCUT2D eigenvalue weighted by Gasteiger charge is 2.33. The predicted molar refractivity (Wildman–Crippen MR) is 136 cm³/mol. The SMILES string of the molecule is O=C(O)CCC(NC(=O)C1CCCN1)C(=O)NC(CC(=O)O)C(=O)NC(Cc1c[nH]c2ccccc12)C(=O)O. The van der Waals surface area contributed by atoms with Crippen molar-refractivity contribution in [2.45, 2.75) is 62.7 Å². The second-order valence-electron chi connectivity index (χ2n) is 9.26. The molecule has 0 radical (unpaired) electrons. The zero-order valence-electron chi connectivity index (χ0n) is 20.9. The van der Waals surface area contributed by atoms with Crippen LogP contribution in [0.2, 0.25) is 0 Å². The number of aliphatic carboxylic acids is 3. The van der Waals surface area contributed by atoms with Gasteiger partial charge in [-0.1, -0.05) is 18.2 Å². The molecular formula is C25H31N5O9. The first kappa shape index (κ1) is 29.1. The summed E-state index contributed by atoms with van der Waals surface area (Å²) in [7, 11) is 0. The number of carboxylic acid groups (broad SMARTS) is 3. The molecule has 39 heavy (non-hydrogen) atoms. The van der Waals surface area contributed by atoms with Crippen LogP contribution in [-0.2, 0) is 35.2 Å². The minimum atomic E-state index is -1.69. The van der Waals surface area contributed by atoms with Crippen LogP contribution in [-0.4, -0.2) is 86.6 Å². The fraction of sp³-hybridized carbons (Fsp3) is 0.440. The van der Waals surface area contributed by atoms with Gasteiger partial charge in [-0.3, -0.25) is 24.0 Å². The highest BCUT2D eigenvalue weighted by atomic mass is 16.4. The van der Waals surface area contributed by atoms with Crippen molar-refractivity contribution in [3.63, 3.8) is 0 Å². The minimum Gasteiger partial charge on any atom is -0.481 e. The number of hydrogen-bond acceptors (Lipinski definition) is 7. The van der Waals surface area contributed by atoms with Crippen molar-refractivity contribution in [3.8, 4) is 0 Å². The van der Waals surface area contributed by atoms with Crippen molar-refractivity contribution >= 4 is 46.5 Å². The summed E-state index contributed by atoms with van der Waals surface area (Å²) in [6, 6.07) is 2.10. The number of fused-ring (bicyclic) bond motifs is 1. The van der Waals surface area contributed by atoms with E-state index in [0.29, 0.717) is 18.5 Å². The van der Waals surface area contributed by atoms with Gasteiger partial charge in [0.15, 0.2) is 0 Å². The molecule has 2 aromatic rings. The van der Waals surface area contributed by atoms with Gasteiger partial charge in [-0.05, 0) is 37.4 Å². The largest absolute Gasteiger partial charge is 0.481 e. The molecule has 0 spiro atoms. The summed E-state index contributed by atoms with van der Waals surface area (Å²) < 4.78 is 0. The molecule has 1 fully saturated rings. The average molecular weight is 546 g/mol. The first-order valence-corrected chi connectivity index (χ1v) is 12.4. The van der Waals surface area contributed by atoms with Crippen LogP contribution in [0.25, 0.3) is 10.9 Å². The molecule has 1 aliphatic rings. The van der Waals surface area contributed by atoms with Crippen molar-refractivity contribution in [1.29, 1.82) is 0 Å². The van der Waals surface area contributed by atoms with Crippen LogP contribution < -0.4 is 21.3 Å². The lowest BCUT2D eigenvalue weighted by molar-refractivity contribution is -0.143. The molecular weight excluding hydrogens is 514 g/mol. The van der Waals surface area contributed by atoms with Crippen LogP contribution in [0.1, 0.15) is 37.7 Å². The van der Waals surface area contributed by atoms with Crippen molar-refractivity contribution in [2.75, 3.05) is 6.54 Å². The second kappa shape index (κ2) is 13.4. The van der Waals surface area contributed by atoms with Crippen molar-refractivity contribution < 1.29 is 44.1 Å². The van der Waals surface area contributed by atoms with E-state index in [1.54, 1.807) is 30.5 Å². The number of rotatable bonds is 14. The summed E-state index contributed by atoms with van der Waals surface area (Å²) in [5.74, 6) is -6.58. The van der Waals surface area contributed by atoms with Gasteiger partial charge in [0.2, 0.25) is 17.7 Å². The molecule has 3 amide bonds. The van der Waals surface area contributed by atoms with E-state index in [0.717, 1.165) is 17.3 Å². The summed E-state index contributed by atoms with van der Waals surface area (Å²) in [5, 5.41) is 38.8. The number of para-hydroxylation sites is 1. The first-order chi connectivity index (χ1) is 18.5. The van der Waals surface area contributed by atoms with Crippen LogP contribution in [0.4, 0.5) is 0 Å². The number of nitrogens with one attached hydrogen (secondary N) is 5. The number of H-pyrrole nitrogens is 1. The van der Waals surface area contributed by atoms with Gasteiger partial charge in [0, 0.05) is 29.9 Å². The summed E-state index contributed by atoms with van der Waals surface area (Å²) in [4.78, 5) is 76.0. The summed E-state index contributed by atoms with van der Waals surface area (Å²) in [6.07, 6.45) is 1.10. The third-order valence-corrected chi connectivity index (χ3v) is 6.38. The lowest BCUT2D eigenvalue weighted by Crippen LogP contribution is -2.57. The summed E-state index contributed by atoms with van der Waals surface area (Å²) in [6.45, 7) is 0.605. The first-order valence-electron chi connectivity index (χ1n) is 12.4. The summed E-state index contributed by atoms with van der Waals surface area (Å²) in [5.41, 5.74) is 1.37. The number of aromatic amines is 1. The zero-order valence-corrected chi connectivity index (χ0v) is 20.9. The van der Waals surface area contributed by atoms with Crippen LogP contribution in [0.15, 0.2) is 30.5 Å². The maximum absolute atomic E-state index is 13.0. The van der Waals surface area contributed by atoms with Crippen molar-refractivity contribution in [3.05, 3.63) is 36.0 Å². The van der Waals surface area contributed by atoms with E-state index in [1.807, 2.05) is 0 Å². The molecule has 0 saturated carbocycles. The lowest BCUT2D eigenvalue weighted by Gasteiger charge is -2.24. The Bertz CT molecular complexity index is 1240.